The highest BCUT2D eigenvalue weighted by Gasteiger charge is 2.25. The van der Waals surface area contributed by atoms with E-state index in [9.17, 15) is 0 Å². The average Bonchev–Trinajstić information content (AvgIpc) is 3.11. The molecule has 27 heavy (non-hydrogen) atoms. The summed E-state index contributed by atoms with van der Waals surface area (Å²) in [4.78, 5) is 6.77. The largest absolute Gasteiger partial charge is 0.465 e. The lowest BCUT2D eigenvalue weighted by molar-refractivity contribution is 0.0124. The van der Waals surface area contributed by atoms with Gasteiger partial charge >= 0.3 is 0 Å². The molecule has 0 aliphatic carbocycles. The van der Waals surface area contributed by atoms with Gasteiger partial charge < -0.3 is 19.8 Å². The van der Waals surface area contributed by atoms with Gasteiger partial charge in [-0.1, -0.05) is 29.8 Å². The fourth-order valence-corrected chi connectivity index (χ4v) is 3.35. The molecule has 1 aromatic carbocycles. The van der Waals surface area contributed by atoms with Crippen LogP contribution >= 0.6 is 0 Å². The molecule has 2 aromatic rings. The first-order valence-corrected chi connectivity index (χ1v) is 9.54. The quantitative estimate of drug-likeness (QED) is 0.605. The van der Waals surface area contributed by atoms with Crippen molar-refractivity contribution in [1.82, 2.24) is 15.5 Å². The van der Waals surface area contributed by atoms with Crippen molar-refractivity contribution in [2.75, 3.05) is 39.9 Å². The molecule has 1 saturated heterocycles. The zero-order valence-electron chi connectivity index (χ0n) is 16.5. The summed E-state index contributed by atoms with van der Waals surface area (Å²) < 4.78 is 11.4. The number of hydrogen-bond acceptors (Lipinski definition) is 4. The van der Waals surface area contributed by atoms with Crippen molar-refractivity contribution in [2.24, 2.45) is 4.99 Å². The third-order valence-electron chi connectivity index (χ3n) is 4.80. The van der Waals surface area contributed by atoms with Crippen LogP contribution in [0.4, 0.5) is 0 Å². The molecule has 0 amide bonds. The molecule has 1 aliphatic heterocycles. The molecule has 0 bridgehead atoms. The number of guanidine groups is 1. The van der Waals surface area contributed by atoms with E-state index in [0.29, 0.717) is 0 Å². The lowest BCUT2D eigenvalue weighted by Crippen LogP contribution is -2.46. The molecule has 0 radical (unpaired) electrons. The normalized spacial score (nSPS) is 16.9. The Morgan fingerprint density at radius 2 is 1.96 bits per heavy atom. The topological polar surface area (TPSA) is 62.0 Å². The molecule has 0 saturated carbocycles. The SMILES string of the molecule is CN=C(NCc1cccc(C)c1)NCC(c1ccc(C)o1)N1CCOCC1. The van der Waals surface area contributed by atoms with Crippen molar-refractivity contribution in [2.45, 2.75) is 26.4 Å². The van der Waals surface area contributed by atoms with Gasteiger partial charge in [-0.15, -0.1) is 0 Å². The lowest BCUT2D eigenvalue weighted by atomic mass is 10.1. The number of morpholine rings is 1. The van der Waals surface area contributed by atoms with Crippen LogP contribution in [-0.2, 0) is 11.3 Å². The summed E-state index contributed by atoms with van der Waals surface area (Å²) in [5.41, 5.74) is 2.50. The molecule has 1 aromatic heterocycles. The van der Waals surface area contributed by atoms with Gasteiger partial charge in [-0.25, -0.2) is 0 Å². The minimum Gasteiger partial charge on any atom is -0.465 e. The smallest absolute Gasteiger partial charge is 0.191 e. The highest BCUT2D eigenvalue weighted by molar-refractivity contribution is 5.79. The third kappa shape index (κ3) is 5.58. The zero-order valence-corrected chi connectivity index (χ0v) is 16.5. The van der Waals surface area contributed by atoms with Crippen molar-refractivity contribution in [3.05, 3.63) is 59.0 Å². The second-order valence-electron chi connectivity index (χ2n) is 6.91. The fourth-order valence-electron chi connectivity index (χ4n) is 3.35. The number of furan rings is 1. The van der Waals surface area contributed by atoms with Crippen LogP contribution in [0, 0.1) is 13.8 Å². The summed E-state index contributed by atoms with van der Waals surface area (Å²) in [6.07, 6.45) is 0. The van der Waals surface area contributed by atoms with Crippen molar-refractivity contribution >= 4 is 5.96 Å². The Bertz CT molecular complexity index is 750. The molecule has 1 atom stereocenters. The number of aryl methyl sites for hydroxylation is 2. The van der Waals surface area contributed by atoms with Gasteiger partial charge in [-0.2, -0.15) is 0 Å². The maximum absolute atomic E-state index is 5.92. The molecule has 1 fully saturated rings. The Morgan fingerprint density at radius 1 is 1.15 bits per heavy atom. The van der Waals surface area contributed by atoms with Crippen LogP contribution in [-0.4, -0.2) is 50.8 Å². The Kier molecular flexibility index (Phi) is 6.90. The molecule has 6 nitrogen and oxygen atoms in total. The van der Waals surface area contributed by atoms with Crippen molar-refractivity contribution < 1.29 is 9.15 Å². The van der Waals surface area contributed by atoms with E-state index >= 15 is 0 Å². The van der Waals surface area contributed by atoms with E-state index in [-0.39, 0.29) is 6.04 Å². The van der Waals surface area contributed by atoms with Crippen LogP contribution < -0.4 is 10.6 Å². The molecule has 146 valence electrons. The summed E-state index contributed by atoms with van der Waals surface area (Å²) in [6, 6.07) is 12.7. The Balaban J connectivity index is 1.60. The van der Waals surface area contributed by atoms with Gasteiger partial charge in [0.05, 0.1) is 19.3 Å². The molecular weight excluding hydrogens is 340 g/mol. The molecule has 3 rings (SSSR count). The van der Waals surface area contributed by atoms with Gasteiger partial charge in [0.2, 0.25) is 0 Å². The summed E-state index contributed by atoms with van der Waals surface area (Å²) in [7, 11) is 1.80. The van der Waals surface area contributed by atoms with E-state index < -0.39 is 0 Å². The number of benzene rings is 1. The molecular formula is C21H30N4O2. The molecule has 6 heteroatoms. The van der Waals surface area contributed by atoms with Crippen molar-refractivity contribution in [3.8, 4) is 0 Å². The Labute approximate surface area is 161 Å². The van der Waals surface area contributed by atoms with Gasteiger partial charge in [0.15, 0.2) is 5.96 Å². The molecule has 1 unspecified atom stereocenters. The predicted octanol–water partition coefficient (Wildman–Crippen LogP) is 2.63. The van der Waals surface area contributed by atoms with Gasteiger partial charge in [0.1, 0.15) is 11.5 Å². The Morgan fingerprint density at radius 3 is 2.63 bits per heavy atom. The summed E-state index contributed by atoms with van der Waals surface area (Å²) in [6.45, 7) is 8.88. The number of aliphatic imine (C=N–C) groups is 1. The molecule has 2 N–H and O–H groups in total. The first-order chi connectivity index (χ1) is 13.2. The summed E-state index contributed by atoms with van der Waals surface area (Å²) >= 11 is 0. The average molecular weight is 370 g/mol. The van der Waals surface area contributed by atoms with Gasteiger partial charge in [0.25, 0.3) is 0 Å². The van der Waals surface area contributed by atoms with Crippen molar-refractivity contribution in [3.63, 3.8) is 0 Å². The maximum Gasteiger partial charge on any atom is 0.191 e. The second kappa shape index (κ2) is 9.58. The predicted molar refractivity (Wildman–Crippen MR) is 108 cm³/mol. The van der Waals surface area contributed by atoms with E-state index in [0.717, 1.165) is 56.9 Å². The number of hydrogen-bond donors (Lipinski definition) is 2. The van der Waals surface area contributed by atoms with Crippen LogP contribution in [0.15, 0.2) is 45.8 Å². The highest BCUT2D eigenvalue weighted by Crippen LogP contribution is 2.23. The van der Waals surface area contributed by atoms with E-state index in [1.165, 1.54) is 11.1 Å². The summed E-state index contributed by atoms with van der Waals surface area (Å²) in [5.74, 6) is 2.71. The Hall–Kier alpha value is -2.31. The van der Waals surface area contributed by atoms with Crippen LogP contribution in [0.3, 0.4) is 0 Å². The van der Waals surface area contributed by atoms with E-state index in [2.05, 4.69) is 57.8 Å². The lowest BCUT2D eigenvalue weighted by Gasteiger charge is -2.33. The second-order valence-corrected chi connectivity index (χ2v) is 6.91. The fraction of sp³-hybridized carbons (Fsp3) is 0.476. The van der Waals surface area contributed by atoms with Crippen LogP contribution in [0.5, 0.6) is 0 Å². The first kappa shape index (κ1) is 19.5. The molecule has 1 aliphatic rings. The third-order valence-corrected chi connectivity index (χ3v) is 4.80. The van der Waals surface area contributed by atoms with Crippen molar-refractivity contribution in [1.29, 1.82) is 0 Å². The molecule has 2 heterocycles. The van der Waals surface area contributed by atoms with Crippen LogP contribution in [0.2, 0.25) is 0 Å². The van der Waals surface area contributed by atoms with Gasteiger partial charge in [0, 0.05) is 33.2 Å². The molecule has 0 spiro atoms. The first-order valence-electron chi connectivity index (χ1n) is 9.54. The standard InChI is InChI=1S/C21H30N4O2/c1-16-5-4-6-18(13-16)14-23-21(22-3)24-15-19(20-8-7-17(2)27-20)25-9-11-26-12-10-25/h4-8,13,19H,9-12,14-15H2,1-3H3,(H2,22,23,24). The number of rotatable bonds is 6. The zero-order chi connectivity index (χ0) is 19.1. The summed E-state index contributed by atoms with van der Waals surface area (Å²) in [5, 5.41) is 6.85. The van der Waals surface area contributed by atoms with E-state index in [1.807, 2.05) is 13.0 Å². The van der Waals surface area contributed by atoms with Crippen LogP contribution in [0.1, 0.15) is 28.7 Å². The van der Waals surface area contributed by atoms with Crippen LogP contribution in [0.25, 0.3) is 0 Å². The number of nitrogens with zero attached hydrogens (tertiary/aromatic N) is 2. The van der Waals surface area contributed by atoms with Gasteiger partial charge in [-0.3, -0.25) is 9.89 Å². The minimum absolute atomic E-state index is 0.153. The number of nitrogens with one attached hydrogen (secondary N) is 2. The maximum atomic E-state index is 5.92. The van der Waals surface area contributed by atoms with Gasteiger partial charge in [-0.05, 0) is 31.5 Å². The highest BCUT2D eigenvalue weighted by atomic mass is 16.5. The minimum atomic E-state index is 0.153. The van der Waals surface area contributed by atoms with E-state index in [1.54, 1.807) is 7.05 Å². The van der Waals surface area contributed by atoms with E-state index in [4.69, 9.17) is 9.15 Å². The monoisotopic (exact) mass is 370 g/mol. The number of ether oxygens (including phenoxy) is 1.